The van der Waals surface area contributed by atoms with Gasteiger partial charge in [0.15, 0.2) is 0 Å². The van der Waals surface area contributed by atoms with Gasteiger partial charge in [-0.2, -0.15) is 0 Å². The van der Waals surface area contributed by atoms with E-state index in [-0.39, 0.29) is 24.4 Å². The van der Waals surface area contributed by atoms with E-state index in [9.17, 15) is 4.79 Å². The molecule has 5 nitrogen and oxygen atoms in total. The molecule has 1 aromatic heterocycles. The molecule has 1 aromatic carbocycles. The minimum absolute atomic E-state index is 0. The lowest BCUT2D eigenvalue weighted by Crippen LogP contribution is -2.46. The van der Waals surface area contributed by atoms with Gasteiger partial charge in [-0.15, -0.1) is 23.7 Å². The van der Waals surface area contributed by atoms with Crippen LogP contribution in [0.5, 0.6) is 5.75 Å². The number of ether oxygens (including phenoxy) is 1. The second-order valence-electron chi connectivity index (χ2n) is 8.87. The average Bonchev–Trinajstić information content (AvgIpc) is 3.06. The first-order valence-electron chi connectivity index (χ1n) is 11.7. The third-order valence-electron chi connectivity index (χ3n) is 6.09. The van der Waals surface area contributed by atoms with Crippen LogP contribution in [0.4, 0.5) is 5.69 Å². The molecule has 0 aliphatic carbocycles. The predicted octanol–water partition coefficient (Wildman–Crippen LogP) is 5.30. The highest BCUT2D eigenvalue weighted by molar-refractivity contribution is 7.14. The van der Waals surface area contributed by atoms with E-state index >= 15 is 0 Å². The molecule has 0 radical (unpaired) electrons. The van der Waals surface area contributed by atoms with E-state index in [4.69, 9.17) is 4.74 Å². The van der Waals surface area contributed by atoms with Gasteiger partial charge in [0.05, 0.1) is 16.7 Å². The SMILES string of the molecule is CC(C)Oc1ccccc1N1CCN(Cc2ccc(C(=O)N3CCCCCC3)s2)CC1.Cl. The highest BCUT2D eigenvalue weighted by atomic mass is 35.5. The second-order valence-corrected chi connectivity index (χ2v) is 10.0. The van der Waals surface area contributed by atoms with E-state index in [1.807, 2.05) is 12.1 Å². The Morgan fingerprint density at radius 3 is 2.31 bits per heavy atom. The molecule has 2 fully saturated rings. The van der Waals surface area contributed by atoms with Crippen molar-refractivity contribution in [1.82, 2.24) is 9.80 Å². The van der Waals surface area contributed by atoms with Crippen LogP contribution in [0.25, 0.3) is 0 Å². The van der Waals surface area contributed by atoms with Gasteiger partial charge in [-0.1, -0.05) is 25.0 Å². The fraction of sp³-hybridized carbons (Fsp3) is 0.560. The summed E-state index contributed by atoms with van der Waals surface area (Å²) in [7, 11) is 0. The first kappa shape index (κ1) is 24.9. The van der Waals surface area contributed by atoms with Crippen molar-refractivity contribution in [3.63, 3.8) is 0 Å². The van der Waals surface area contributed by atoms with Crippen molar-refractivity contribution in [3.05, 3.63) is 46.2 Å². The van der Waals surface area contributed by atoms with Crippen molar-refractivity contribution < 1.29 is 9.53 Å². The van der Waals surface area contributed by atoms with Crippen LogP contribution in [0.2, 0.25) is 0 Å². The van der Waals surface area contributed by atoms with Gasteiger partial charge in [0.1, 0.15) is 5.75 Å². The molecule has 32 heavy (non-hydrogen) atoms. The Bertz CT molecular complexity index is 856. The first-order valence-corrected chi connectivity index (χ1v) is 12.5. The number of hydrogen-bond acceptors (Lipinski definition) is 5. The molecule has 4 rings (SSSR count). The van der Waals surface area contributed by atoms with Crippen molar-refractivity contribution in [2.45, 2.75) is 52.2 Å². The molecule has 1 amide bonds. The van der Waals surface area contributed by atoms with E-state index in [1.54, 1.807) is 11.3 Å². The van der Waals surface area contributed by atoms with Crippen molar-refractivity contribution in [3.8, 4) is 5.75 Å². The summed E-state index contributed by atoms with van der Waals surface area (Å²) < 4.78 is 6.01. The van der Waals surface area contributed by atoms with E-state index in [0.29, 0.717) is 0 Å². The highest BCUT2D eigenvalue weighted by Crippen LogP contribution is 2.30. The van der Waals surface area contributed by atoms with Crippen LogP contribution in [0.15, 0.2) is 36.4 Å². The number of para-hydroxylation sites is 2. The number of carbonyl (C=O) groups is 1. The number of carbonyl (C=O) groups excluding carboxylic acids is 1. The molecule has 0 N–H and O–H groups in total. The van der Waals surface area contributed by atoms with Gasteiger partial charge in [0, 0.05) is 50.7 Å². The van der Waals surface area contributed by atoms with Gasteiger partial charge in [0.25, 0.3) is 5.91 Å². The Balaban J connectivity index is 0.00000289. The van der Waals surface area contributed by atoms with Crippen molar-refractivity contribution >= 4 is 35.3 Å². The lowest BCUT2D eigenvalue weighted by molar-refractivity contribution is 0.0766. The molecule has 3 heterocycles. The van der Waals surface area contributed by atoms with Gasteiger partial charge in [-0.25, -0.2) is 0 Å². The van der Waals surface area contributed by atoms with E-state index < -0.39 is 0 Å². The van der Waals surface area contributed by atoms with Crippen molar-refractivity contribution in [2.75, 3.05) is 44.2 Å². The van der Waals surface area contributed by atoms with Crippen LogP contribution in [0.1, 0.15) is 54.1 Å². The number of amides is 1. The van der Waals surface area contributed by atoms with Gasteiger partial charge in [-0.3, -0.25) is 9.69 Å². The Morgan fingerprint density at radius 2 is 1.62 bits per heavy atom. The summed E-state index contributed by atoms with van der Waals surface area (Å²) in [6.07, 6.45) is 4.95. The average molecular weight is 478 g/mol. The van der Waals surface area contributed by atoms with E-state index in [1.165, 1.54) is 23.4 Å². The molecule has 0 unspecified atom stereocenters. The molecule has 0 bridgehead atoms. The molecule has 0 spiro atoms. The standard InChI is InChI=1S/C25H35N3O2S.ClH/c1-20(2)30-23-10-6-5-9-22(23)27-17-15-26(16-18-27)19-21-11-12-24(31-21)25(29)28-13-7-3-4-8-14-28;/h5-6,9-12,20H,3-4,7-8,13-19H2,1-2H3;1H. The highest BCUT2D eigenvalue weighted by Gasteiger charge is 2.22. The maximum absolute atomic E-state index is 12.9. The number of halogens is 1. The largest absolute Gasteiger partial charge is 0.489 e. The van der Waals surface area contributed by atoms with Crippen molar-refractivity contribution in [1.29, 1.82) is 0 Å². The molecule has 2 aromatic rings. The number of piperazine rings is 1. The number of likely N-dealkylation sites (tertiary alicyclic amines) is 1. The summed E-state index contributed by atoms with van der Waals surface area (Å²) in [5.74, 6) is 1.20. The topological polar surface area (TPSA) is 36.0 Å². The molecular formula is C25H36ClN3O2S. The molecule has 2 aliphatic rings. The second kappa shape index (κ2) is 11.9. The first-order chi connectivity index (χ1) is 15.1. The summed E-state index contributed by atoms with van der Waals surface area (Å²) in [5, 5.41) is 0. The Hall–Kier alpha value is -1.76. The van der Waals surface area contributed by atoms with Crippen LogP contribution >= 0.6 is 23.7 Å². The number of nitrogens with zero attached hydrogens (tertiary/aromatic N) is 3. The quantitative estimate of drug-likeness (QED) is 0.566. The lowest BCUT2D eigenvalue weighted by atomic mass is 10.2. The number of thiophene rings is 1. The number of rotatable bonds is 6. The molecule has 0 atom stereocenters. The maximum atomic E-state index is 12.9. The van der Waals surface area contributed by atoms with Gasteiger partial charge < -0.3 is 14.5 Å². The molecule has 2 saturated heterocycles. The fourth-order valence-electron chi connectivity index (χ4n) is 4.45. The minimum atomic E-state index is 0. The normalized spacial score (nSPS) is 17.7. The van der Waals surface area contributed by atoms with E-state index in [0.717, 1.165) is 69.3 Å². The molecule has 0 saturated carbocycles. The predicted molar refractivity (Wildman–Crippen MR) is 136 cm³/mol. The summed E-state index contributed by atoms with van der Waals surface area (Å²) in [6.45, 7) is 10.9. The third kappa shape index (κ3) is 6.40. The number of hydrogen-bond donors (Lipinski definition) is 0. The maximum Gasteiger partial charge on any atom is 0.263 e. The smallest absolute Gasteiger partial charge is 0.263 e. The molecule has 2 aliphatic heterocycles. The van der Waals surface area contributed by atoms with Crippen LogP contribution in [0.3, 0.4) is 0 Å². The summed E-state index contributed by atoms with van der Waals surface area (Å²) in [5.41, 5.74) is 1.19. The minimum Gasteiger partial charge on any atom is -0.489 e. The lowest BCUT2D eigenvalue weighted by Gasteiger charge is -2.36. The Morgan fingerprint density at radius 1 is 0.938 bits per heavy atom. The molecular weight excluding hydrogens is 442 g/mol. The Labute approximate surface area is 202 Å². The monoisotopic (exact) mass is 477 g/mol. The third-order valence-corrected chi connectivity index (χ3v) is 7.14. The van der Waals surface area contributed by atoms with Crippen LogP contribution in [0, 0.1) is 0 Å². The fourth-order valence-corrected chi connectivity index (χ4v) is 5.46. The van der Waals surface area contributed by atoms with Crippen LogP contribution < -0.4 is 9.64 Å². The van der Waals surface area contributed by atoms with Gasteiger partial charge in [0.2, 0.25) is 0 Å². The van der Waals surface area contributed by atoms with Gasteiger partial charge >= 0.3 is 0 Å². The molecule has 176 valence electrons. The zero-order valence-corrected chi connectivity index (χ0v) is 20.9. The Kier molecular flexibility index (Phi) is 9.26. The molecule has 7 heteroatoms. The van der Waals surface area contributed by atoms with Crippen molar-refractivity contribution in [2.24, 2.45) is 0 Å². The summed E-state index contributed by atoms with van der Waals surface area (Å²) in [4.78, 5) is 22.0. The zero-order chi connectivity index (χ0) is 21.6. The number of anilines is 1. The summed E-state index contributed by atoms with van der Waals surface area (Å²) >= 11 is 1.68. The van der Waals surface area contributed by atoms with Crippen LogP contribution in [-0.2, 0) is 6.54 Å². The van der Waals surface area contributed by atoms with Gasteiger partial charge in [-0.05, 0) is 51.0 Å². The zero-order valence-electron chi connectivity index (χ0n) is 19.3. The van der Waals surface area contributed by atoms with E-state index in [2.05, 4.69) is 52.8 Å². The summed E-state index contributed by atoms with van der Waals surface area (Å²) in [6, 6.07) is 12.5. The number of benzene rings is 1. The van der Waals surface area contributed by atoms with Crippen LogP contribution in [-0.4, -0.2) is 61.1 Å².